The molecule has 0 saturated heterocycles. The molecule has 0 aliphatic heterocycles. The molecule has 0 unspecified atom stereocenters. The summed E-state index contributed by atoms with van der Waals surface area (Å²) in [4.78, 5) is 13.4. The van der Waals surface area contributed by atoms with Crippen molar-refractivity contribution in [2.75, 3.05) is 5.73 Å². The Morgan fingerprint density at radius 1 is 1.25 bits per heavy atom. The molecule has 106 valence electrons. The van der Waals surface area contributed by atoms with Crippen molar-refractivity contribution < 1.29 is 0 Å². The van der Waals surface area contributed by atoms with Gasteiger partial charge in [0.2, 0.25) is 0 Å². The van der Waals surface area contributed by atoms with Crippen LogP contribution in [-0.2, 0) is 0 Å². The van der Waals surface area contributed by atoms with Gasteiger partial charge in [0.1, 0.15) is 11.5 Å². The highest BCUT2D eigenvalue weighted by Crippen LogP contribution is 2.34. The van der Waals surface area contributed by atoms with Crippen LogP contribution >= 0.6 is 0 Å². The summed E-state index contributed by atoms with van der Waals surface area (Å²) in [7, 11) is 0. The third-order valence-corrected chi connectivity index (χ3v) is 3.99. The quantitative estimate of drug-likeness (QED) is 0.931. The predicted octanol–water partition coefficient (Wildman–Crippen LogP) is 3.16. The number of imidazole rings is 1. The minimum absolute atomic E-state index is 0.326. The third kappa shape index (κ3) is 2.40. The zero-order chi connectivity index (χ0) is 14.1. The Morgan fingerprint density at radius 2 is 2.00 bits per heavy atom. The fourth-order valence-electron chi connectivity index (χ4n) is 2.92. The van der Waals surface area contributed by atoms with Crippen molar-refractivity contribution in [3.05, 3.63) is 24.3 Å². The number of hydrogen-bond donors (Lipinski definition) is 1. The van der Waals surface area contributed by atoms with Crippen molar-refractivity contribution in [1.82, 2.24) is 19.5 Å². The van der Waals surface area contributed by atoms with Crippen LogP contribution in [-0.4, -0.2) is 19.5 Å². The van der Waals surface area contributed by atoms with Gasteiger partial charge in [-0.15, -0.1) is 0 Å². The number of rotatable bonds is 3. The zero-order valence-corrected chi connectivity index (χ0v) is 12.1. The first kappa shape index (κ1) is 13.1. The average Bonchev–Trinajstić information content (AvgIpc) is 3.09. The Balaban J connectivity index is 2.02. The normalized spacial score (nSPS) is 16.1. The van der Waals surface area contributed by atoms with Gasteiger partial charge in [-0.25, -0.2) is 15.0 Å². The molecule has 0 bridgehead atoms. The number of nitrogens with zero attached hydrogens (tertiary/aromatic N) is 4. The van der Waals surface area contributed by atoms with Crippen LogP contribution in [0.3, 0.4) is 0 Å². The highest BCUT2D eigenvalue weighted by atomic mass is 15.1. The lowest BCUT2D eigenvalue weighted by atomic mass is 10.0. The highest BCUT2D eigenvalue weighted by Gasteiger charge is 2.21. The fourth-order valence-corrected chi connectivity index (χ4v) is 2.92. The molecule has 1 fully saturated rings. The largest absolute Gasteiger partial charge is 0.384 e. The summed E-state index contributed by atoms with van der Waals surface area (Å²) < 4.78 is 2.08. The van der Waals surface area contributed by atoms with E-state index >= 15 is 0 Å². The minimum Gasteiger partial charge on any atom is -0.384 e. The molecular weight excluding hydrogens is 250 g/mol. The topological polar surface area (TPSA) is 69.6 Å². The molecule has 1 aliphatic carbocycles. The standard InChI is InChI=1S/C15H21N5/c1-10(2)20-9-17-8-13(20)15-18-12(7-14(16)19-15)11-5-3-4-6-11/h7-11H,3-6H2,1-2H3,(H2,16,18,19). The van der Waals surface area contributed by atoms with Crippen molar-refractivity contribution in [1.29, 1.82) is 0 Å². The van der Waals surface area contributed by atoms with Crippen LogP contribution in [0.1, 0.15) is 57.2 Å². The average molecular weight is 271 g/mol. The van der Waals surface area contributed by atoms with Gasteiger partial charge in [0.15, 0.2) is 5.82 Å². The second-order valence-electron chi connectivity index (χ2n) is 5.80. The number of hydrogen-bond acceptors (Lipinski definition) is 4. The van der Waals surface area contributed by atoms with E-state index in [0.29, 0.717) is 23.6 Å². The number of nitrogens with two attached hydrogens (primary N) is 1. The first-order chi connectivity index (χ1) is 9.65. The molecule has 20 heavy (non-hydrogen) atoms. The van der Waals surface area contributed by atoms with Crippen molar-refractivity contribution >= 4 is 5.82 Å². The maximum absolute atomic E-state index is 5.98. The lowest BCUT2D eigenvalue weighted by Crippen LogP contribution is -2.07. The molecule has 2 aromatic rings. The van der Waals surface area contributed by atoms with E-state index in [1.54, 1.807) is 0 Å². The second-order valence-corrected chi connectivity index (χ2v) is 5.80. The highest BCUT2D eigenvalue weighted by molar-refractivity contribution is 5.52. The number of nitrogen functional groups attached to an aromatic ring is 1. The lowest BCUT2D eigenvalue weighted by molar-refractivity contribution is 0.602. The molecule has 0 amide bonds. The van der Waals surface area contributed by atoms with E-state index in [1.165, 1.54) is 25.7 Å². The van der Waals surface area contributed by atoms with Gasteiger partial charge in [0.25, 0.3) is 0 Å². The summed E-state index contributed by atoms with van der Waals surface area (Å²) in [6, 6.07) is 2.25. The van der Waals surface area contributed by atoms with Crippen LogP contribution in [0.15, 0.2) is 18.6 Å². The second kappa shape index (κ2) is 5.23. The van der Waals surface area contributed by atoms with Crippen molar-refractivity contribution in [2.45, 2.75) is 51.5 Å². The first-order valence-electron chi connectivity index (χ1n) is 7.32. The van der Waals surface area contributed by atoms with E-state index in [9.17, 15) is 0 Å². The Labute approximate surface area is 119 Å². The van der Waals surface area contributed by atoms with Crippen LogP contribution in [0.2, 0.25) is 0 Å². The van der Waals surface area contributed by atoms with E-state index in [1.807, 2.05) is 18.6 Å². The van der Waals surface area contributed by atoms with E-state index in [2.05, 4.69) is 28.4 Å². The van der Waals surface area contributed by atoms with Crippen LogP contribution in [0.5, 0.6) is 0 Å². The molecule has 0 aromatic carbocycles. The van der Waals surface area contributed by atoms with Gasteiger partial charge in [0.05, 0.1) is 12.5 Å². The van der Waals surface area contributed by atoms with Crippen LogP contribution in [0.4, 0.5) is 5.82 Å². The fraction of sp³-hybridized carbons (Fsp3) is 0.533. The predicted molar refractivity (Wildman–Crippen MR) is 79.3 cm³/mol. The molecule has 0 spiro atoms. The van der Waals surface area contributed by atoms with E-state index in [-0.39, 0.29) is 0 Å². The van der Waals surface area contributed by atoms with Gasteiger partial charge in [-0.1, -0.05) is 12.8 Å². The minimum atomic E-state index is 0.326. The lowest BCUT2D eigenvalue weighted by Gasteiger charge is -2.14. The summed E-state index contributed by atoms with van der Waals surface area (Å²) in [5.74, 6) is 1.78. The Bertz CT molecular complexity index is 596. The Kier molecular flexibility index (Phi) is 3.42. The van der Waals surface area contributed by atoms with Gasteiger partial charge in [-0.2, -0.15) is 0 Å². The van der Waals surface area contributed by atoms with E-state index in [0.717, 1.165) is 11.4 Å². The summed E-state index contributed by atoms with van der Waals surface area (Å²) in [5.41, 5.74) is 8.00. The van der Waals surface area contributed by atoms with Crippen molar-refractivity contribution in [3.8, 4) is 11.5 Å². The summed E-state index contributed by atoms with van der Waals surface area (Å²) in [6.07, 6.45) is 8.62. The zero-order valence-electron chi connectivity index (χ0n) is 12.1. The molecule has 0 atom stereocenters. The molecule has 2 N–H and O–H groups in total. The van der Waals surface area contributed by atoms with Crippen LogP contribution < -0.4 is 5.73 Å². The molecule has 1 aliphatic rings. The number of aromatic nitrogens is 4. The van der Waals surface area contributed by atoms with Crippen molar-refractivity contribution in [3.63, 3.8) is 0 Å². The van der Waals surface area contributed by atoms with E-state index in [4.69, 9.17) is 10.7 Å². The van der Waals surface area contributed by atoms with Gasteiger partial charge in [0, 0.05) is 23.7 Å². The summed E-state index contributed by atoms with van der Waals surface area (Å²) >= 11 is 0. The maximum Gasteiger partial charge on any atom is 0.180 e. The van der Waals surface area contributed by atoms with Gasteiger partial charge < -0.3 is 10.3 Å². The third-order valence-electron chi connectivity index (χ3n) is 3.99. The summed E-state index contributed by atoms with van der Waals surface area (Å²) in [6.45, 7) is 4.24. The molecule has 2 heterocycles. The molecule has 1 saturated carbocycles. The Morgan fingerprint density at radius 3 is 2.70 bits per heavy atom. The maximum atomic E-state index is 5.98. The summed E-state index contributed by atoms with van der Waals surface area (Å²) in [5, 5.41) is 0. The van der Waals surface area contributed by atoms with Gasteiger partial charge >= 0.3 is 0 Å². The molecule has 5 nitrogen and oxygen atoms in total. The first-order valence-corrected chi connectivity index (χ1v) is 7.32. The van der Waals surface area contributed by atoms with Gasteiger partial charge in [-0.05, 0) is 26.7 Å². The molecule has 2 aromatic heterocycles. The number of anilines is 1. The van der Waals surface area contributed by atoms with Crippen LogP contribution in [0, 0.1) is 0 Å². The Hall–Kier alpha value is -1.91. The van der Waals surface area contributed by atoms with Crippen LogP contribution in [0.25, 0.3) is 11.5 Å². The SMILES string of the molecule is CC(C)n1cncc1-c1nc(N)cc(C2CCCC2)n1. The molecule has 0 radical (unpaired) electrons. The van der Waals surface area contributed by atoms with Gasteiger partial charge in [-0.3, -0.25) is 0 Å². The molecule has 5 heteroatoms. The molecular formula is C15H21N5. The van der Waals surface area contributed by atoms with E-state index < -0.39 is 0 Å². The smallest absolute Gasteiger partial charge is 0.180 e. The molecule has 3 rings (SSSR count). The van der Waals surface area contributed by atoms with Crippen molar-refractivity contribution in [2.24, 2.45) is 0 Å². The monoisotopic (exact) mass is 271 g/mol.